The van der Waals surface area contributed by atoms with E-state index in [0.29, 0.717) is 6.61 Å². The van der Waals surface area contributed by atoms with Crippen molar-refractivity contribution in [2.45, 2.75) is 39.3 Å². The molecule has 1 aromatic carbocycles. The Morgan fingerprint density at radius 1 is 1.39 bits per heavy atom. The van der Waals surface area contributed by atoms with Crippen LogP contribution >= 0.6 is 11.6 Å². The number of benzene rings is 1. The first-order chi connectivity index (χ1) is 8.52. The van der Waals surface area contributed by atoms with Crippen LogP contribution in [0.3, 0.4) is 0 Å². The van der Waals surface area contributed by atoms with Crippen LogP contribution in [0.1, 0.15) is 26.3 Å². The van der Waals surface area contributed by atoms with Crippen LogP contribution in [-0.4, -0.2) is 25.3 Å². The summed E-state index contributed by atoms with van der Waals surface area (Å²) in [5.74, 6) is -0.366. The van der Waals surface area contributed by atoms with Crippen LogP contribution in [-0.2, 0) is 11.2 Å². The molecule has 0 heterocycles. The number of ether oxygens (including phenoxy) is 1. The van der Waals surface area contributed by atoms with Crippen molar-refractivity contribution in [2.75, 3.05) is 13.2 Å². The van der Waals surface area contributed by atoms with Gasteiger partial charge in [0.1, 0.15) is 5.82 Å². The van der Waals surface area contributed by atoms with E-state index in [2.05, 4.69) is 5.32 Å². The van der Waals surface area contributed by atoms with Gasteiger partial charge >= 0.3 is 0 Å². The van der Waals surface area contributed by atoms with Crippen molar-refractivity contribution < 1.29 is 9.13 Å². The molecular weight excluding hydrogens is 253 g/mol. The Hall–Kier alpha value is -0.640. The van der Waals surface area contributed by atoms with Crippen molar-refractivity contribution in [3.8, 4) is 0 Å². The molecule has 0 aromatic heterocycles. The summed E-state index contributed by atoms with van der Waals surface area (Å²) in [7, 11) is 0. The van der Waals surface area contributed by atoms with Gasteiger partial charge in [-0.05, 0) is 44.5 Å². The van der Waals surface area contributed by atoms with Crippen molar-refractivity contribution in [3.63, 3.8) is 0 Å². The third-order valence-corrected chi connectivity index (χ3v) is 2.90. The predicted molar refractivity (Wildman–Crippen MR) is 73.7 cm³/mol. The Kier molecular flexibility index (Phi) is 6.61. The van der Waals surface area contributed by atoms with E-state index >= 15 is 0 Å². The number of hydrogen-bond donors (Lipinski definition) is 1. The van der Waals surface area contributed by atoms with Gasteiger partial charge in [0, 0.05) is 6.04 Å². The van der Waals surface area contributed by atoms with E-state index in [9.17, 15) is 4.39 Å². The van der Waals surface area contributed by atoms with Crippen LogP contribution in [0.4, 0.5) is 4.39 Å². The smallest absolute Gasteiger partial charge is 0.142 e. The lowest BCUT2D eigenvalue weighted by Gasteiger charge is -2.19. The van der Waals surface area contributed by atoms with E-state index in [-0.39, 0.29) is 23.0 Å². The highest BCUT2D eigenvalue weighted by Crippen LogP contribution is 2.16. The Morgan fingerprint density at radius 3 is 2.67 bits per heavy atom. The fourth-order valence-electron chi connectivity index (χ4n) is 1.74. The van der Waals surface area contributed by atoms with Gasteiger partial charge in [-0.2, -0.15) is 0 Å². The largest absolute Gasteiger partial charge is 0.377 e. The maximum Gasteiger partial charge on any atom is 0.142 e. The quantitative estimate of drug-likeness (QED) is 0.822. The van der Waals surface area contributed by atoms with Crippen molar-refractivity contribution in [1.29, 1.82) is 0 Å². The van der Waals surface area contributed by atoms with Crippen LogP contribution < -0.4 is 5.32 Å². The molecule has 0 aliphatic rings. The van der Waals surface area contributed by atoms with Crippen LogP contribution in [0.15, 0.2) is 18.2 Å². The monoisotopic (exact) mass is 273 g/mol. The van der Waals surface area contributed by atoms with Gasteiger partial charge in [0.15, 0.2) is 0 Å². The SMILES string of the molecule is CCNC(COC(C)C)Cc1ccc(Cl)c(F)c1. The molecule has 0 saturated carbocycles. The van der Waals surface area contributed by atoms with E-state index < -0.39 is 0 Å². The number of rotatable bonds is 7. The number of likely N-dealkylation sites (N-methyl/N-ethyl adjacent to an activating group) is 1. The zero-order valence-electron chi connectivity index (χ0n) is 11.2. The standard InChI is InChI=1S/C14H21ClFNO/c1-4-17-12(9-18-10(2)3)7-11-5-6-13(15)14(16)8-11/h5-6,8,10,12,17H,4,7,9H2,1-3H3. The van der Waals surface area contributed by atoms with Crippen LogP contribution in [0.5, 0.6) is 0 Å². The maximum atomic E-state index is 13.3. The summed E-state index contributed by atoms with van der Waals surface area (Å²) in [5, 5.41) is 3.50. The zero-order valence-corrected chi connectivity index (χ0v) is 11.9. The first-order valence-electron chi connectivity index (χ1n) is 6.31. The average Bonchev–Trinajstić information content (AvgIpc) is 2.31. The van der Waals surface area contributed by atoms with Gasteiger partial charge < -0.3 is 10.1 Å². The first kappa shape index (κ1) is 15.4. The molecule has 1 unspecified atom stereocenters. The lowest BCUT2D eigenvalue weighted by Crippen LogP contribution is -2.36. The highest BCUT2D eigenvalue weighted by Gasteiger charge is 2.11. The molecule has 0 amide bonds. The Bertz CT molecular complexity index is 371. The van der Waals surface area contributed by atoms with Crippen molar-refractivity contribution in [3.05, 3.63) is 34.6 Å². The molecule has 4 heteroatoms. The molecule has 0 aliphatic carbocycles. The van der Waals surface area contributed by atoms with Crippen molar-refractivity contribution >= 4 is 11.6 Å². The Balaban J connectivity index is 2.61. The van der Waals surface area contributed by atoms with Crippen molar-refractivity contribution in [2.24, 2.45) is 0 Å². The average molecular weight is 274 g/mol. The van der Waals surface area contributed by atoms with E-state index in [4.69, 9.17) is 16.3 Å². The topological polar surface area (TPSA) is 21.3 Å². The zero-order chi connectivity index (χ0) is 13.5. The molecular formula is C14H21ClFNO. The highest BCUT2D eigenvalue weighted by molar-refractivity contribution is 6.30. The molecule has 0 fully saturated rings. The summed E-state index contributed by atoms with van der Waals surface area (Å²) in [4.78, 5) is 0. The minimum Gasteiger partial charge on any atom is -0.377 e. The van der Waals surface area contributed by atoms with Crippen LogP contribution in [0.25, 0.3) is 0 Å². The molecule has 0 radical (unpaired) electrons. The second-order valence-electron chi connectivity index (χ2n) is 4.59. The molecule has 1 N–H and O–H groups in total. The number of halogens is 2. The second kappa shape index (κ2) is 7.72. The van der Waals surface area contributed by atoms with Gasteiger partial charge in [0.25, 0.3) is 0 Å². The van der Waals surface area contributed by atoms with Crippen LogP contribution in [0.2, 0.25) is 5.02 Å². The first-order valence-corrected chi connectivity index (χ1v) is 6.69. The molecule has 0 bridgehead atoms. The molecule has 102 valence electrons. The van der Waals surface area contributed by atoms with Gasteiger partial charge in [0.2, 0.25) is 0 Å². The minimum absolute atomic E-state index is 0.164. The van der Waals surface area contributed by atoms with Gasteiger partial charge in [-0.1, -0.05) is 24.6 Å². The highest BCUT2D eigenvalue weighted by atomic mass is 35.5. The molecule has 18 heavy (non-hydrogen) atoms. The fourth-order valence-corrected chi connectivity index (χ4v) is 1.86. The van der Waals surface area contributed by atoms with Gasteiger partial charge in [-0.3, -0.25) is 0 Å². The molecule has 0 aliphatic heterocycles. The molecule has 1 rings (SSSR count). The normalized spacial score (nSPS) is 13.0. The summed E-state index contributed by atoms with van der Waals surface area (Å²) in [6, 6.07) is 5.13. The summed E-state index contributed by atoms with van der Waals surface area (Å²) in [6.45, 7) is 7.54. The van der Waals surface area contributed by atoms with E-state index in [0.717, 1.165) is 18.5 Å². The third-order valence-electron chi connectivity index (χ3n) is 2.59. The Labute approximate surface area is 113 Å². The molecule has 2 nitrogen and oxygen atoms in total. The van der Waals surface area contributed by atoms with Gasteiger partial charge in [0.05, 0.1) is 17.7 Å². The van der Waals surface area contributed by atoms with Gasteiger partial charge in [-0.25, -0.2) is 4.39 Å². The molecule has 0 spiro atoms. The second-order valence-corrected chi connectivity index (χ2v) is 5.00. The lowest BCUT2D eigenvalue weighted by atomic mass is 10.1. The predicted octanol–water partition coefficient (Wildman–Crippen LogP) is 3.42. The maximum absolute atomic E-state index is 13.3. The fraction of sp³-hybridized carbons (Fsp3) is 0.571. The summed E-state index contributed by atoms with van der Waals surface area (Å²) < 4.78 is 18.9. The molecule has 1 aromatic rings. The summed E-state index contributed by atoms with van der Waals surface area (Å²) in [6.07, 6.45) is 0.933. The van der Waals surface area contributed by atoms with E-state index in [1.165, 1.54) is 6.07 Å². The third kappa shape index (κ3) is 5.34. The van der Waals surface area contributed by atoms with E-state index in [1.54, 1.807) is 6.07 Å². The van der Waals surface area contributed by atoms with E-state index in [1.807, 2.05) is 26.8 Å². The van der Waals surface area contributed by atoms with Crippen molar-refractivity contribution in [1.82, 2.24) is 5.32 Å². The molecule has 0 saturated heterocycles. The minimum atomic E-state index is -0.366. The number of nitrogens with one attached hydrogen (secondary N) is 1. The molecule has 1 atom stereocenters. The Morgan fingerprint density at radius 2 is 2.11 bits per heavy atom. The number of hydrogen-bond acceptors (Lipinski definition) is 2. The summed E-state index contributed by atoms with van der Waals surface area (Å²) in [5.41, 5.74) is 0.926. The summed E-state index contributed by atoms with van der Waals surface area (Å²) >= 11 is 5.67. The van der Waals surface area contributed by atoms with Crippen LogP contribution in [0, 0.1) is 5.82 Å². The lowest BCUT2D eigenvalue weighted by molar-refractivity contribution is 0.0616. The van der Waals surface area contributed by atoms with Gasteiger partial charge in [-0.15, -0.1) is 0 Å².